The average molecular weight is 639 g/mol. The van der Waals surface area contributed by atoms with E-state index in [-0.39, 0.29) is 40.4 Å². The maximum atomic E-state index is 13.0. The molecule has 0 fully saturated rings. The van der Waals surface area contributed by atoms with E-state index in [1.807, 2.05) is 19.1 Å². The Bertz CT molecular complexity index is 1280. The molecule has 4 amide bonds. The van der Waals surface area contributed by atoms with Gasteiger partial charge in [-0.05, 0) is 80.3 Å². The lowest BCUT2D eigenvalue weighted by atomic mass is 9.93. The molecule has 0 radical (unpaired) electrons. The zero-order valence-electron chi connectivity index (χ0n) is 28.0. The van der Waals surface area contributed by atoms with Gasteiger partial charge >= 0.3 is 0 Å². The monoisotopic (exact) mass is 638 g/mol. The second kappa shape index (κ2) is 20.9. The number of nitrogens with one attached hydrogen (secondary N) is 4. The molecule has 0 aromatic heterocycles. The number of unbranched alkanes of at least 4 members (excludes halogenated alkanes) is 5. The van der Waals surface area contributed by atoms with Gasteiger partial charge < -0.3 is 10.2 Å². The Hall–Kier alpha value is -4.08. The molecule has 6 N–H and O–H groups in total. The number of benzene rings is 2. The third kappa shape index (κ3) is 13.1. The van der Waals surface area contributed by atoms with Gasteiger partial charge in [0.05, 0.1) is 11.1 Å². The Balaban J connectivity index is 1.81. The van der Waals surface area contributed by atoms with Crippen molar-refractivity contribution in [3.05, 3.63) is 58.7 Å². The molecule has 254 valence electrons. The van der Waals surface area contributed by atoms with Crippen LogP contribution in [0.5, 0.6) is 11.5 Å². The number of hydrogen-bond donors (Lipinski definition) is 6. The Morgan fingerprint density at radius 3 is 1.50 bits per heavy atom. The van der Waals surface area contributed by atoms with E-state index >= 15 is 0 Å². The van der Waals surface area contributed by atoms with Crippen molar-refractivity contribution in [3.63, 3.8) is 0 Å². The van der Waals surface area contributed by atoms with Gasteiger partial charge in [0.1, 0.15) is 11.5 Å². The number of aromatic hydroxyl groups is 2. The van der Waals surface area contributed by atoms with Crippen LogP contribution in [0, 0.1) is 11.8 Å². The second-order valence-corrected chi connectivity index (χ2v) is 12.2. The molecule has 10 nitrogen and oxygen atoms in total. The summed E-state index contributed by atoms with van der Waals surface area (Å²) in [5, 5.41) is 20.7. The lowest BCUT2D eigenvalue weighted by Gasteiger charge is -2.18. The van der Waals surface area contributed by atoms with Crippen LogP contribution in [0.3, 0.4) is 0 Å². The van der Waals surface area contributed by atoms with Gasteiger partial charge in [0, 0.05) is 11.8 Å². The van der Waals surface area contributed by atoms with Gasteiger partial charge in [-0.25, -0.2) is 0 Å². The number of hydrogen-bond acceptors (Lipinski definition) is 6. The molecule has 0 spiro atoms. The maximum absolute atomic E-state index is 13.0. The van der Waals surface area contributed by atoms with Crippen molar-refractivity contribution in [2.75, 3.05) is 0 Å². The van der Waals surface area contributed by atoms with Gasteiger partial charge in [-0.2, -0.15) is 0 Å². The number of rotatable bonds is 19. The van der Waals surface area contributed by atoms with E-state index in [1.54, 1.807) is 31.2 Å². The first-order valence-corrected chi connectivity index (χ1v) is 16.9. The molecule has 0 aliphatic rings. The first-order chi connectivity index (χ1) is 22.1. The summed E-state index contributed by atoms with van der Waals surface area (Å²) in [7, 11) is 0. The molecule has 10 heteroatoms. The van der Waals surface area contributed by atoms with Crippen molar-refractivity contribution in [3.8, 4) is 11.5 Å². The first-order valence-electron chi connectivity index (χ1n) is 16.9. The highest BCUT2D eigenvalue weighted by Crippen LogP contribution is 2.22. The van der Waals surface area contributed by atoms with Crippen LogP contribution in [0.2, 0.25) is 0 Å². The van der Waals surface area contributed by atoms with E-state index in [0.29, 0.717) is 25.7 Å². The topological polar surface area (TPSA) is 157 Å². The number of aryl methyl sites for hydroxylation is 2. The minimum atomic E-state index is -0.604. The van der Waals surface area contributed by atoms with Gasteiger partial charge in [-0.3, -0.25) is 40.9 Å². The summed E-state index contributed by atoms with van der Waals surface area (Å²) in [6.45, 7) is 8.02. The fourth-order valence-corrected chi connectivity index (χ4v) is 5.26. The SMILES string of the molecule is CCCCCc1ccc(C(=O)NNC(=O)C(C)CCCC(CCCC)C(=O)NNC(=O)c2ccc(CCCCC)cc2O)c(O)c1. The van der Waals surface area contributed by atoms with Crippen molar-refractivity contribution >= 4 is 23.6 Å². The summed E-state index contributed by atoms with van der Waals surface area (Å²) in [5.74, 6) is -2.94. The molecule has 0 bridgehead atoms. The van der Waals surface area contributed by atoms with Crippen LogP contribution in [0.15, 0.2) is 36.4 Å². The largest absolute Gasteiger partial charge is 0.507 e. The van der Waals surface area contributed by atoms with E-state index in [0.717, 1.165) is 75.3 Å². The number of amides is 4. The highest BCUT2D eigenvalue weighted by atomic mass is 16.3. The van der Waals surface area contributed by atoms with Crippen molar-refractivity contribution < 1.29 is 29.4 Å². The quantitative estimate of drug-likeness (QED) is 0.0773. The Kier molecular flexibility index (Phi) is 17.3. The third-order valence-corrected chi connectivity index (χ3v) is 8.26. The zero-order valence-corrected chi connectivity index (χ0v) is 28.0. The fourth-order valence-electron chi connectivity index (χ4n) is 5.26. The predicted octanol–water partition coefficient (Wildman–Crippen LogP) is 6.40. The third-order valence-electron chi connectivity index (χ3n) is 8.26. The van der Waals surface area contributed by atoms with Gasteiger partial charge in [0.15, 0.2) is 0 Å². The summed E-state index contributed by atoms with van der Waals surface area (Å²) in [4.78, 5) is 50.8. The molecular weight excluding hydrogens is 584 g/mol. The molecule has 0 aliphatic heterocycles. The molecule has 2 aromatic carbocycles. The van der Waals surface area contributed by atoms with Gasteiger partial charge in [0.2, 0.25) is 11.8 Å². The molecule has 0 saturated heterocycles. The average Bonchev–Trinajstić information content (AvgIpc) is 3.04. The van der Waals surface area contributed by atoms with E-state index in [9.17, 15) is 29.4 Å². The number of phenols is 2. The summed E-state index contributed by atoms with van der Waals surface area (Å²) >= 11 is 0. The number of carbonyl (C=O) groups excluding carboxylic acids is 4. The summed E-state index contributed by atoms with van der Waals surface area (Å²) in [6.07, 6.45) is 12.0. The molecule has 2 atom stereocenters. The molecule has 46 heavy (non-hydrogen) atoms. The van der Waals surface area contributed by atoms with E-state index in [4.69, 9.17) is 0 Å². The second-order valence-electron chi connectivity index (χ2n) is 12.2. The number of phenolic OH excluding ortho intramolecular Hbond substituents is 2. The van der Waals surface area contributed by atoms with Crippen LogP contribution in [-0.4, -0.2) is 33.8 Å². The standard InChI is InChI=1S/C36H54N4O6/c1-5-8-11-15-26-19-21-29(31(41)23-26)35(45)39-37-33(43)25(4)14-13-18-28(17-10-7-3)34(44)38-40-36(46)30-22-20-27(24-32(30)42)16-12-9-6-2/h19-25,28,41-42H,5-18H2,1-4H3,(H,37,43)(H,38,44)(H,39,45)(H,40,46). The normalized spacial score (nSPS) is 12.2. The Morgan fingerprint density at radius 2 is 1.04 bits per heavy atom. The van der Waals surface area contributed by atoms with Crippen LogP contribution in [-0.2, 0) is 22.4 Å². The molecule has 2 rings (SSSR count). The van der Waals surface area contributed by atoms with Crippen LogP contribution in [0.25, 0.3) is 0 Å². The minimum absolute atomic E-state index is 0.0821. The molecule has 2 unspecified atom stereocenters. The van der Waals surface area contributed by atoms with E-state index in [2.05, 4.69) is 35.6 Å². The van der Waals surface area contributed by atoms with Crippen molar-refractivity contribution in [1.82, 2.24) is 21.7 Å². The zero-order chi connectivity index (χ0) is 33.9. The molecule has 2 aromatic rings. The van der Waals surface area contributed by atoms with E-state index < -0.39 is 17.7 Å². The lowest BCUT2D eigenvalue weighted by Crippen LogP contribution is -2.45. The van der Waals surface area contributed by atoms with E-state index in [1.165, 1.54) is 0 Å². The predicted molar refractivity (Wildman–Crippen MR) is 180 cm³/mol. The van der Waals surface area contributed by atoms with Crippen LogP contribution in [0.4, 0.5) is 0 Å². The highest BCUT2D eigenvalue weighted by molar-refractivity contribution is 5.98. The van der Waals surface area contributed by atoms with Crippen LogP contribution < -0.4 is 21.7 Å². The fraction of sp³-hybridized carbons (Fsp3) is 0.556. The van der Waals surface area contributed by atoms with Gasteiger partial charge in [0.25, 0.3) is 11.8 Å². The molecular formula is C36H54N4O6. The molecule has 0 heterocycles. The number of carbonyl (C=O) groups is 4. The summed E-state index contributed by atoms with van der Waals surface area (Å²) in [5.41, 5.74) is 11.8. The molecule has 0 saturated carbocycles. The maximum Gasteiger partial charge on any atom is 0.273 e. The summed E-state index contributed by atoms with van der Waals surface area (Å²) < 4.78 is 0. The van der Waals surface area contributed by atoms with Gasteiger partial charge in [-0.1, -0.05) is 84.8 Å². The lowest BCUT2D eigenvalue weighted by molar-refractivity contribution is -0.126. The number of hydrazine groups is 2. The minimum Gasteiger partial charge on any atom is -0.507 e. The van der Waals surface area contributed by atoms with Gasteiger partial charge in [-0.15, -0.1) is 0 Å². The smallest absolute Gasteiger partial charge is 0.273 e. The highest BCUT2D eigenvalue weighted by Gasteiger charge is 2.22. The Morgan fingerprint density at radius 1 is 0.587 bits per heavy atom. The van der Waals surface area contributed by atoms with Crippen molar-refractivity contribution in [2.24, 2.45) is 11.8 Å². The van der Waals surface area contributed by atoms with Crippen LogP contribution in [0.1, 0.15) is 137 Å². The first kappa shape index (κ1) is 38.1. The Labute approximate surface area is 274 Å². The molecule has 0 aliphatic carbocycles. The summed E-state index contributed by atoms with van der Waals surface area (Å²) in [6, 6.07) is 9.92. The van der Waals surface area contributed by atoms with Crippen LogP contribution >= 0.6 is 0 Å². The van der Waals surface area contributed by atoms with Crippen molar-refractivity contribution in [2.45, 2.75) is 118 Å². The van der Waals surface area contributed by atoms with Crippen molar-refractivity contribution in [1.29, 1.82) is 0 Å².